The van der Waals surface area contributed by atoms with Gasteiger partial charge in [0.2, 0.25) is 5.91 Å². The van der Waals surface area contributed by atoms with E-state index in [-0.39, 0.29) is 5.91 Å². The molecule has 0 bridgehead atoms. The van der Waals surface area contributed by atoms with E-state index < -0.39 is 5.41 Å². The lowest BCUT2D eigenvalue weighted by Crippen LogP contribution is -2.36. The van der Waals surface area contributed by atoms with Crippen molar-refractivity contribution in [1.29, 1.82) is 0 Å². The van der Waals surface area contributed by atoms with E-state index in [1.54, 1.807) is 0 Å². The first kappa shape index (κ1) is 14.8. The number of rotatable bonds is 3. The molecule has 1 amide bonds. The molecule has 110 valence electrons. The number of amides is 1. The van der Waals surface area contributed by atoms with Crippen molar-refractivity contribution in [1.82, 2.24) is 0 Å². The maximum absolute atomic E-state index is 12.9. The molecule has 2 aromatic rings. The smallest absolute Gasteiger partial charge is 0.239 e. The van der Waals surface area contributed by atoms with E-state index in [0.29, 0.717) is 6.42 Å². The van der Waals surface area contributed by atoms with Crippen LogP contribution in [0.4, 0.5) is 5.69 Å². The highest BCUT2D eigenvalue weighted by atomic mass is 79.9. The van der Waals surface area contributed by atoms with Gasteiger partial charge in [0.25, 0.3) is 0 Å². The van der Waals surface area contributed by atoms with Gasteiger partial charge in [-0.2, -0.15) is 0 Å². The fourth-order valence-electron chi connectivity index (χ4n) is 3.20. The molecule has 1 N–H and O–H groups in total. The second-order valence-electron chi connectivity index (χ2n) is 5.48. The summed E-state index contributed by atoms with van der Waals surface area (Å²) in [7, 11) is 0. The molecule has 22 heavy (non-hydrogen) atoms. The van der Waals surface area contributed by atoms with Crippen molar-refractivity contribution in [2.24, 2.45) is 0 Å². The van der Waals surface area contributed by atoms with Crippen LogP contribution in [0.2, 0.25) is 0 Å². The van der Waals surface area contributed by atoms with E-state index in [1.807, 2.05) is 55.5 Å². The first-order valence-electron chi connectivity index (χ1n) is 7.11. The van der Waals surface area contributed by atoms with E-state index in [2.05, 4.69) is 33.6 Å². The van der Waals surface area contributed by atoms with Gasteiger partial charge in [-0.15, -0.1) is 5.73 Å². The van der Waals surface area contributed by atoms with Crippen LogP contribution < -0.4 is 5.32 Å². The van der Waals surface area contributed by atoms with Crippen LogP contribution in [0.15, 0.2) is 65.3 Å². The van der Waals surface area contributed by atoms with Crippen LogP contribution >= 0.6 is 15.9 Å². The summed E-state index contributed by atoms with van der Waals surface area (Å²) < 4.78 is 0.950. The summed E-state index contributed by atoms with van der Waals surface area (Å²) in [5.41, 5.74) is 6.08. The molecule has 1 atom stereocenters. The summed E-state index contributed by atoms with van der Waals surface area (Å²) >= 11 is 3.46. The van der Waals surface area contributed by atoms with Crippen LogP contribution in [0.5, 0.6) is 0 Å². The highest BCUT2D eigenvalue weighted by Crippen LogP contribution is 2.47. The van der Waals surface area contributed by atoms with Crippen molar-refractivity contribution in [3.63, 3.8) is 0 Å². The molecule has 1 aliphatic rings. The molecule has 0 saturated heterocycles. The zero-order valence-corrected chi connectivity index (χ0v) is 13.9. The van der Waals surface area contributed by atoms with Gasteiger partial charge in [-0.1, -0.05) is 52.8 Å². The zero-order valence-electron chi connectivity index (χ0n) is 12.3. The van der Waals surface area contributed by atoms with Crippen LogP contribution in [0.25, 0.3) is 0 Å². The number of aryl methyl sites for hydroxylation is 1. The number of nitrogens with one attached hydrogen (secondary N) is 1. The highest BCUT2D eigenvalue weighted by molar-refractivity contribution is 9.10. The molecule has 0 spiro atoms. The third kappa shape index (κ3) is 2.14. The van der Waals surface area contributed by atoms with Crippen molar-refractivity contribution in [3.8, 4) is 0 Å². The molecule has 2 aromatic carbocycles. The van der Waals surface area contributed by atoms with Crippen molar-refractivity contribution in [2.75, 3.05) is 5.32 Å². The number of benzene rings is 2. The van der Waals surface area contributed by atoms with Gasteiger partial charge in [0.15, 0.2) is 0 Å². The quantitative estimate of drug-likeness (QED) is 0.794. The van der Waals surface area contributed by atoms with Gasteiger partial charge in [-0.3, -0.25) is 4.79 Å². The fraction of sp³-hybridized carbons (Fsp3) is 0.158. The highest BCUT2D eigenvalue weighted by Gasteiger charge is 2.48. The van der Waals surface area contributed by atoms with Gasteiger partial charge >= 0.3 is 0 Å². The molecule has 1 heterocycles. The molecule has 0 aliphatic carbocycles. The molecular formula is C19H16BrNO. The normalized spacial score (nSPS) is 19.3. The lowest BCUT2D eigenvalue weighted by atomic mass is 9.71. The van der Waals surface area contributed by atoms with Crippen molar-refractivity contribution in [2.45, 2.75) is 18.8 Å². The Morgan fingerprint density at radius 3 is 2.77 bits per heavy atom. The summed E-state index contributed by atoms with van der Waals surface area (Å²) in [6.45, 7) is 5.68. The molecular weight excluding hydrogens is 338 g/mol. The number of carbonyl (C=O) groups excluding carboxylic acids is 1. The average molecular weight is 354 g/mol. The summed E-state index contributed by atoms with van der Waals surface area (Å²) in [5, 5.41) is 3.03. The van der Waals surface area contributed by atoms with Crippen LogP contribution in [-0.2, 0) is 10.2 Å². The Hall–Kier alpha value is -2.09. The molecule has 1 aliphatic heterocycles. The maximum Gasteiger partial charge on any atom is 0.239 e. The lowest BCUT2D eigenvalue weighted by Gasteiger charge is -2.28. The Balaban J connectivity index is 2.31. The minimum absolute atomic E-state index is 0.00130. The fourth-order valence-corrected chi connectivity index (χ4v) is 3.56. The van der Waals surface area contributed by atoms with Gasteiger partial charge in [-0.25, -0.2) is 0 Å². The number of halogens is 1. The minimum Gasteiger partial charge on any atom is -0.325 e. The maximum atomic E-state index is 12.9. The van der Waals surface area contributed by atoms with Crippen molar-refractivity contribution < 1.29 is 4.79 Å². The third-order valence-corrected chi connectivity index (χ3v) is 4.73. The molecule has 0 saturated carbocycles. The van der Waals surface area contributed by atoms with Crippen molar-refractivity contribution >= 4 is 27.5 Å². The molecule has 0 aromatic heterocycles. The van der Waals surface area contributed by atoms with Gasteiger partial charge in [0, 0.05) is 10.2 Å². The summed E-state index contributed by atoms with van der Waals surface area (Å²) in [4.78, 5) is 12.9. The molecule has 3 rings (SSSR count). The number of hydrogen-bond donors (Lipinski definition) is 1. The summed E-state index contributed by atoms with van der Waals surface area (Å²) in [6.07, 6.45) is 2.38. The Bertz CT molecular complexity index is 805. The zero-order chi connectivity index (χ0) is 15.7. The van der Waals surface area contributed by atoms with E-state index >= 15 is 0 Å². The van der Waals surface area contributed by atoms with E-state index in [9.17, 15) is 4.79 Å². The lowest BCUT2D eigenvalue weighted by molar-refractivity contribution is -0.119. The van der Waals surface area contributed by atoms with Crippen LogP contribution in [0, 0.1) is 6.92 Å². The Kier molecular flexibility index (Phi) is 3.78. The van der Waals surface area contributed by atoms with Crippen molar-refractivity contribution in [3.05, 3.63) is 82.0 Å². The average Bonchev–Trinajstić information content (AvgIpc) is 2.77. The number of fused-ring (bicyclic) bond motifs is 1. The number of hydrogen-bond acceptors (Lipinski definition) is 1. The topological polar surface area (TPSA) is 29.1 Å². The first-order chi connectivity index (χ1) is 10.6. The molecule has 0 unspecified atom stereocenters. The summed E-state index contributed by atoms with van der Waals surface area (Å²) in [6, 6.07) is 14.0. The molecule has 2 nitrogen and oxygen atoms in total. The Morgan fingerprint density at radius 2 is 2.05 bits per heavy atom. The van der Waals surface area contributed by atoms with Crippen LogP contribution in [-0.4, -0.2) is 5.91 Å². The predicted octanol–water partition coefficient (Wildman–Crippen LogP) is 4.73. The second-order valence-corrected chi connectivity index (χ2v) is 6.39. The molecule has 3 heteroatoms. The Morgan fingerprint density at radius 1 is 1.27 bits per heavy atom. The van der Waals surface area contributed by atoms with Gasteiger partial charge < -0.3 is 5.32 Å². The number of anilines is 1. The number of allylic oxidation sites excluding steroid dienone is 1. The largest absolute Gasteiger partial charge is 0.325 e. The van der Waals surface area contributed by atoms with E-state index in [0.717, 1.165) is 26.9 Å². The van der Waals surface area contributed by atoms with Gasteiger partial charge in [0.05, 0.1) is 0 Å². The monoisotopic (exact) mass is 353 g/mol. The first-order valence-corrected chi connectivity index (χ1v) is 7.91. The van der Waals surface area contributed by atoms with Gasteiger partial charge in [-0.05, 0) is 48.2 Å². The molecule has 0 radical (unpaired) electrons. The van der Waals surface area contributed by atoms with E-state index in [4.69, 9.17) is 0 Å². The summed E-state index contributed by atoms with van der Waals surface area (Å²) in [5.74, 6) is 0.00130. The predicted molar refractivity (Wildman–Crippen MR) is 93.1 cm³/mol. The Labute approximate surface area is 138 Å². The van der Waals surface area contributed by atoms with E-state index in [1.165, 1.54) is 0 Å². The molecule has 0 fully saturated rings. The number of carbonyl (C=O) groups is 1. The standard InChI is InChI=1S/C19H16BrNO/c1-3-4-11-19(15-8-6-5-7-13(15)2)16-10-9-14(20)12-17(16)21-18(19)22/h4-10,12H,1,11H2,2H3,(H,21,22)/t19-/m1/s1. The SMILES string of the molecule is C=C=CC[C@]1(c2ccccc2C)C(=O)Nc2cc(Br)ccc21. The van der Waals surface area contributed by atoms with Crippen LogP contribution in [0.1, 0.15) is 23.1 Å². The van der Waals surface area contributed by atoms with Crippen LogP contribution in [0.3, 0.4) is 0 Å². The third-order valence-electron chi connectivity index (χ3n) is 4.23. The van der Waals surface area contributed by atoms with Gasteiger partial charge in [0.1, 0.15) is 5.41 Å². The second kappa shape index (κ2) is 5.60. The minimum atomic E-state index is -0.716.